The van der Waals surface area contributed by atoms with Crippen LogP contribution < -0.4 is 5.32 Å². The Bertz CT molecular complexity index is 468. The summed E-state index contributed by atoms with van der Waals surface area (Å²) in [6, 6.07) is 4.11. The Labute approximate surface area is 141 Å². The van der Waals surface area contributed by atoms with Crippen LogP contribution in [-0.2, 0) is 6.42 Å². The predicted octanol–water partition coefficient (Wildman–Crippen LogP) is 3.35. The normalized spacial score (nSPS) is 18.7. The number of pyridine rings is 1. The minimum absolute atomic E-state index is 0.820. The van der Waals surface area contributed by atoms with Gasteiger partial charge in [0.2, 0.25) is 0 Å². The third kappa shape index (κ3) is 5.22. The van der Waals surface area contributed by atoms with Gasteiger partial charge in [-0.1, -0.05) is 32.8 Å². The summed E-state index contributed by atoms with van der Waals surface area (Å²) < 4.78 is 0. The Morgan fingerprint density at radius 2 is 2.22 bits per heavy atom. The van der Waals surface area contributed by atoms with Crippen molar-refractivity contribution in [3.05, 3.63) is 30.1 Å². The summed E-state index contributed by atoms with van der Waals surface area (Å²) in [7, 11) is 0. The Kier molecular flexibility index (Phi) is 7.37. The van der Waals surface area contributed by atoms with Gasteiger partial charge in [-0.05, 0) is 43.2 Å². The van der Waals surface area contributed by atoms with Gasteiger partial charge in [0, 0.05) is 38.6 Å². The third-order valence-corrected chi connectivity index (χ3v) is 4.96. The van der Waals surface area contributed by atoms with Crippen LogP contribution in [-0.4, -0.2) is 42.0 Å². The molecule has 0 radical (unpaired) electrons. The minimum Gasteiger partial charge on any atom is -0.357 e. The summed E-state index contributed by atoms with van der Waals surface area (Å²) in [6.45, 7) is 10.8. The average Bonchev–Trinajstić information content (AvgIpc) is 3.06. The molecule has 1 aliphatic heterocycles. The number of likely N-dealkylation sites (tertiary alicyclic amines) is 1. The molecule has 0 amide bonds. The van der Waals surface area contributed by atoms with Crippen LogP contribution in [0.25, 0.3) is 0 Å². The fourth-order valence-electron chi connectivity index (χ4n) is 3.58. The zero-order valence-corrected chi connectivity index (χ0v) is 15.0. The van der Waals surface area contributed by atoms with Gasteiger partial charge in [0.05, 0.1) is 0 Å². The van der Waals surface area contributed by atoms with Crippen molar-refractivity contribution < 1.29 is 0 Å². The van der Waals surface area contributed by atoms with Crippen molar-refractivity contribution in [1.29, 1.82) is 0 Å². The maximum absolute atomic E-state index is 4.84. The molecule has 1 aromatic heterocycles. The van der Waals surface area contributed by atoms with Crippen LogP contribution in [0.4, 0.5) is 0 Å². The first-order chi connectivity index (χ1) is 11.3. The van der Waals surface area contributed by atoms with Crippen LogP contribution in [0.5, 0.6) is 0 Å². The smallest absolute Gasteiger partial charge is 0.193 e. The van der Waals surface area contributed by atoms with Crippen molar-refractivity contribution in [3.63, 3.8) is 0 Å². The SMILES string of the molecule is CCNC(=NCCc1cccnc1)N1CCC(C(CC)CC)C1. The molecule has 1 N–H and O–H groups in total. The topological polar surface area (TPSA) is 40.5 Å². The molecule has 1 unspecified atom stereocenters. The molecule has 4 heteroatoms. The lowest BCUT2D eigenvalue weighted by molar-refractivity contribution is 0.319. The molecular weight excluding hydrogens is 284 g/mol. The van der Waals surface area contributed by atoms with E-state index in [-0.39, 0.29) is 0 Å². The maximum Gasteiger partial charge on any atom is 0.193 e. The molecule has 0 aromatic carbocycles. The fraction of sp³-hybridized carbons (Fsp3) is 0.684. The maximum atomic E-state index is 4.84. The second-order valence-corrected chi connectivity index (χ2v) is 6.42. The zero-order chi connectivity index (χ0) is 16.5. The molecule has 0 aliphatic carbocycles. The fourth-order valence-corrected chi connectivity index (χ4v) is 3.58. The van der Waals surface area contributed by atoms with E-state index in [0.717, 1.165) is 50.4 Å². The Morgan fingerprint density at radius 1 is 1.39 bits per heavy atom. The van der Waals surface area contributed by atoms with E-state index < -0.39 is 0 Å². The molecule has 2 heterocycles. The number of nitrogens with one attached hydrogen (secondary N) is 1. The summed E-state index contributed by atoms with van der Waals surface area (Å²) in [6.07, 6.45) is 8.60. The second-order valence-electron chi connectivity index (χ2n) is 6.42. The summed E-state index contributed by atoms with van der Waals surface area (Å²) >= 11 is 0. The van der Waals surface area contributed by atoms with Gasteiger partial charge < -0.3 is 10.2 Å². The van der Waals surface area contributed by atoms with Crippen LogP contribution in [0.2, 0.25) is 0 Å². The van der Waals surface area contributed by atoms with Gasteiger partial charge in [-0.25, -0.2) is 0 Å². The minimum atomic E-state index is 0.820. The molecular formula is C19H32N4. The van der Waals surface area contributed by atoms with Gasteiger partial charge in [0.15, 0.2) is 5.96 Å². The highest BCUT2D eigenvalue weighted by Crippen LogP contribution is 2.28. The predicted molar refractivity (Wildman–Crippen MR) is 97.7 cm³/mol. The number of hydrogen-bond donors (Lipinski definition) is 1. The first-order valence-corrected chi connectivity index (χ1v) is 9.20. The van der Waals surface area contributed by atoms with Crippen LogP contribution in [0, 0.1) is 11.8 Å². The van der Waals surface area contributed by atoms with E-state index in [1.165, 1.54) is 24.8 Å². The van der Waals surface area contributed by atoms with Crippen molar-refractivity contribution >= 4 is 5.96 Å². The van der Waals surface area contributed by atoms with Crippen molar-refractivity contribution in [3.8, 4) is 0 Å². The van der Waals surface area contributed by atoms with E-state index >= 15 is 0 Å². The number of hydrogen-bond acceptors (Lipinski definition) is 2. The molecule has 0 spiro atoms. The highest BCUT2D eigenvalue weighted by Gasteiger charge is 2.29. The van der Waals surface area contributed by atoms with E-state index in [1.807, 2.05) is 18.5 Å². The molecule has 0 bridgehead atoms. The Hall–Kier alpha value is -1.58. The standard InChI is InChI=1S/C19H32N4/c1-4-17(5-2)18-10-13-23(15-18)19(21-6-3)22-12-9-16-8-7-11-20-14-16/h7-8,11,14,17-18H,4-6,9-10,12-13,15H2,1-3H3,(H,21,22). The molecule has 1 fully saturated rings. The molecule has 23 heavy (non-hydrogen) atoms. The Balaban J connectivity index is 1.91. The summed E-state index contributed by atoms with van der Waals surface area (Å²) in [5.74, 6) is 2.77. The van der Waals surface area contributed by atoms with Gasteiger partial charge in [-0.3, -0.25) is 9.98 Å². The lowest BCUT2D eigenvalue weighted by atomic mass is 9.87. The number of aliphatic imine (C=N–C) groups is 1. The van der Waals surface area contributed by atoms with Crippen molar-refractivity contribution in [1.82, 2.24) is 15.2 Å². The number of rotatable bonds is 7. The van der Waals surface area contributed by atoms with Crippen LogP contribution in [0.3, 0.4) is 0 Å². The van der Waals surface area contributed by atoms with E-state index in [1.54, 1.807) is 0 Å². The van der Waals surface area contributed by atoms with E-state index in [2.05, 4.69) is 42.0 Å². The van der Waals surface area contributed by atoms with Gasteiger partial charge in [-0.2, -0.15) is 0 Å². The molecule has 2 rings (SSSR count). The molecule has 1 aromatic rings. The number of guanidine groups is 1. The lowest BCUT2D eigenvalue weighted by Gasteiger charge is -2.24. The summed E-state index contributed by atoms with van der Waals surface area (Å²) in [4.78, 5) is 11.5. The molecule has 4 nitrogen and oxygen atoms in total. The van der Waals surface area contributed by atoms with Crippen LogP contribution >= 0.6 is 0 Å². The number of aromatic nitrogens is 1. The number of nitrogens with zero attached hydrogens (tertiary/aromatic N) is 3. The van der Waals surface area contributed by atoms with E-state index in [9.17, 15) is 0 Å². The van der Waals surface area contributed by atoms with Crippen molar-refractivity contribution in [2.75, 3.05) is 26.2 Å². The second kappa shape index (κ2) is 9.53. The quantitative estimate of drug-likeness (QED) is 0.619. The molecule has 0 saturated carbocycles. The molecule has 128 valence electrons. The van der Waals surface area contributed by atoms with Crippen molar-refractivity contribution in [2.45, 2.75) is 46.5 Å². The lowest BCUT2D eigenvalue weighted by Crippen LogP contribution is -2.40. The highest BCUT2D eigenvalue weighted by molar-refractivity contribution is 5.80. The summed E-state index contributed by atoms with van der Waals surface area (Å²) in [5, 5.41) is 3.47. The van der Waals surface area contributed by atoms with E-state index in [0.29, 0.717) is 0 Å². The zero-order valence-electron chi connectivity index (χ0n) is 15.0. The molecule has 1 atom stereocenters. The largest absolute Gasteiger partial charge is 0.357 e. The molecule has 1 saturated heterocycles. The molecule has 1 aliphatic rings. The highest BCUT2D eigenvalue weighted by atomic mass is 15.3. The van der Waals surface area contributed by atoms with Gasteiger partial charge in [-0.15, -0.1) is 0 Å². The monoisotopic (exact) mass is 316 g/mol. The third-order valence-electron chi connectivity index (χ3n) is 4.96. The first-order valence-electron chi connectivity index (χ1n) is 9.20. The van der Waals surface area contributed by atoms with Crippen LogP contribution in [0.1, 0.15) is 45.6 Å². The van der Waals surface area contributed by atoms with Crippen molar-refractivity contribution in [2.24, 2.45) is 16.8 Å². The van der Waals surface area contributed by atoms with Gasteiger partial charge in [0.25, 0.3) is 0 Å². The van der Waals surface area contributed by atoms with Gasteiger partial charge >= 0.3 is 0 Å². The van der Waals surface area contributed by atoms with Gasteiger partial charge in [0.1, 0.15) is 0 Å². The van der Waals surface area contributed by atoms with Crippen LogP contribution in [0.15, 0.2) is 29.5 Å². The summed E-state index contributed by atoms with van der Waals surface area (Å²) in [5.41, 5.74) is 1.25. The first kappa shape index (κ1) is 17.8. The average molecular weight is 316 g/mol. The van der Waals surface area contributed by atoms with E-state index in [4.69, 9.17) is 4.99 Å². The Morgan fingerprint density at radius 3 is 2.87 bits per heavy atom.